The summed E-state index contributed by atoms with van der Waals surface area (Å²) in [6.07, 6.45) is 0.207. The molecule has 1 aromatic rings. The van der Waals surface area contributed by atoms with Crippen molar-refractivity contribution in [2.24, 2.45) is 5.73 Å². The summed E-state index contributed by atoms with van der Waals surface area (Å²) >= 11 is 0. The lowest BCUT2D eigenvalue weighted by atomic mass is 10.2. The van der Waals surface area contributed by atoms with Crippen LogP contribution in [0.1, 0.15) is 6.42 Å². The first kappa shape index (κ1) is 13.5. The number of para-hydroxylation sites is 1. The number of hydrogen-bond acceptors (Lipinski definition) is 5. The maximum absolute atomic E-state index is 11.2. The molecule has 1 aromatic carbocycles. The summed E-state index contributed by atoms with van der Waals surface area (Å²) in [5.74, 6) is 0.207. The fraction of sp³-hybridized carbons (Fsp3) is 0.417. The third-order valence-electron chi connectivity index (χ3n) is 2.08. The van der Waals surface area contributed by atoms with Gasteiger partial charge in [-0.1, -0.05) is 18.2 Å². The van der Waals surface area contributed by atoms with Gasteiger partial charge >= 0.3 is 5.97 Å². The summed E-state index contributed by atoms with van der Waals surface area (Å²) in [6, 6.07) is 8.48. The highest BCUT2D eigenvalue weighted by Gasteiger charge is 2.13. The van der Waals surface area contributed by atoms with Gasteiger partial charge in [-0.05, 0) is 18.6 Å². The summed E-state index contributed by atoms with van der Waals surface area (Å²) in [5, 5.41) is 8.59. The number of aliphatic hydroxyl groups excluding tert-OH is 1. The van der Waals surface area contributed by atoms with Crippen molar-refractivity contribution in [3.63, 3.8) is 0 Å². The van der Waals surface area contributed by atoms with Crippen molar-refractivity contribution in [2.75, 3.05) is 19.8 Å². The normalized spacial score (nSPS) is 11.9. The number of carbonyl (C=O) groups excluding carboxylic acids is 1. The Kier molecular flexibility index (Phi) is 6.06. The van der Waals surface area contributed by atoms with Crippen LogP contribution in [0.5, 0.6) is 5.75 Å². The van der Waals surface area contributed by atoms with Crippen LogP contribution in [0, 0.1) is 0 Å². The lowest BCUT2D eigenvalue weighted by molar-refractivity contribution is -0.146. The van der Waals surface area contributed by atoms with E-state index in [9.17, 15) is 4.79 Å². The molecule has 0 unspecified atom stereocenters. The maximum Gasteiger partial charge on any atom is 0.323 e. The van der Waals surface area contributed by atoms with Gasteiger partial charge in [0.25, 0.3) is 0 Å². The number of carbonyl (C=O) groups is 1. The first-order chi connectivity index (χ1) is 8.24. The van der Waals surface area contributed by atoms with E-state index in [1.165, 1.54) is 0 Å². The Balaban J connectivity index is 2.14. The second-order valence-electron chi connectivity index (χ2n) is 3.45. The summed E-state index contributed by atoms with van der Waals surface area (Å²) in [7, 11) is 0. The Morgan fingerprint density at radius 2 is 2.00 bits per heavy atom. The maximum atomic E-state index is 11.2. The summed E-state index contributed by atoms with van der Waals surface area (Å²) < 4.78 is 10.2. The third kappa shape index (κ3) is 5.33. The van der Waals surface area contributed by atoms with Gasteiger partial charge in [0.2, 0.25) is 0 Å². The van der Waals surface area contributed by atoms with Crippen LogP contribution in [0.15, 0.2) is 30.3 Å². The fourth-order valence-corrected chi connectivity index (χ4v) is 1.18. The standard InChI is InChI=1S/C12H17NO4/c13-11(6-7-14)12(15)17-9-8-16-10-4-2-1-3-5-10/h1-5,11,14H,6-9,13H2/t11-/m1/s1. The first-order valence-corrected chi connectivity index (χ1v) is 5.45. The van der Waals surface area contributed by atoms with Crippen molar-refractivity contribution in [1.82, 2.24) is 0 Å². The molecule has 17 heavy (non-hydrogen) atoms. The van der Waals surface area contributed by atoms with E-state index in [0.717, 1.165) is 5.75 Å². The van der Waals surface area contributed by atoms with Gasteiger partial charge in [0.15, 0.2) is 0 Å². The van der Waals surface area contributed by atoms with Crippen molar-refractivity contribution >= 4 is 5.97 Å². The quantitative estimate of drug-likeness (QED) is 0.529. The van der Waals surface area contributed by atoms with E-state index in [4.69, 9.17) is 20.3 Å². The lowest BCUT2D eigenvalue weighted by Crippen LogP contribution is -2.33. The van der Waals surface area contributed by atoms with Crippen LogP contribution in [-0.2, 0) is 9.53 Å². The molecule has 94 valence electrons. The molecule has 5 heteroatoms. The largest absolute Gasteiger partial charge is 0.490 e. The molecule has 0 radical (unpaired) electrons. The van der Waals surface area contributed by atoms with E-state index in [1.807, 2.05) is 30.3 Å². The molecule has 3 N–H and O–H groups in total. The van der Waals surface area contributed by atoms with E-state index in [0.29, 0.717) is 0 Å². The molecule has 0 amide bonds. The van der Waals surface area contributed by atoms with Crippen molar-refractivity contribution < 1.29 is 19.4 Å². The average molecular weight is 239 g/mol. The smallest absolute Gasteiger partial charge is 0.323 e. The molecule has 0 saturated heterocycles. The number of hydrogen-bond donors (Lipinski definition) is 2. The molecule has 0 aromatic heterocycles. The minimum atomic E-state index is -0.767. The van der Waals surface area contributed by atoms with Gasteiger partial charge in [0.1, 0.15) is 25.0 Å². The topological polar surface area (TPSA) is 81.8 Å². The SMILES string of the molecule is N[C@H](CCO)C(=O)OCCOc1ccccc1. The van der Waals surface area contributed by atoms with Crippen LogP contribution in [0.2, 0.25) is 0 Å². The van der Waals surface area contributed by atoms with Crippen LogP contribution in [0.4, 0.5) is 0 Å². The highest BCUT2D eigenvalue weighted by molar-refractivity contribution is 5.75. The van der Waals surface area contributed by atoms with E-state index >= 15 is 0 Å². The third-order valence-corrected chi connectivity index (χ3v) is 2.08. The molecule has 5 nitrogen and oxygen atoms in total. The van der Waals surface area contributed by atoms with Gasteiger partial charge < -0.3 is 20.3 Å². The molecule has 0 aliphatic heterocycles. The molecule has 0 saturated carbocycles. The van der Waals surface area contributed by atoms with Crippen molar-refractivity contribution in [3.05, 3.63) is 30.3 Å². The number of rotatable bonds is 7. The molecule has 0 spiro atoms. The van der Waals surface area contributed by atoms with Crippen LogP contribution in [-0.4, -0.2) is 36.9 Å². The van der Waals surface area contributed by atoms with Gasteiger partial charge in [-0.25, -0.2) is 0 Å². The second kappa shape index (κ2) is 7.65. The fourth-order valence-electron chi connectivity index (χ4n) is 1.18. The summed E-state index contributed by atoms with van der Waals surface area (Å²) in [4.78, 5) is 11.2. The number of ether oxygens (including phenoxy) is 2. The average Bonchev–Trinajstić information content (AvgIpc) is 2.36. The van der Waals surface area contributed by atoms with Gasteiger partial charge in [-0.15, -0.1) is 0 Å². The number of benzene rings is 1. The molecule has 0 fully saturated rings. The van der Waals surface area contributed by atoms with Crippen LogP contribution in [0.25, 0.3) is 0 Å². The van der Waals surface area contributed by atoms with Gasteiger partial charge in [-0.2, -0.15) is 0 Å². The molecule has 0 heterocycles. The summed E-state index contributed by atoms with van der Waals surface area (Å²) in [6.45, 7) is 0.297. The molecular formula is C12H17NO4. The van der Waals surface area contributed by atoms with Gasteiger partial charge in [0.05, 0.1) is 0 Å². The highest BCUT2D eigenvalue weighted by Crippen LogP contribution is 2.07. The Hall–Kier alpha value is -1.59. The van der Waals surface area contributed by atoms with Crippen LogP contribution >= 0.6 is 0 Å². The predicted octanol–water partition coefficient (Wildman–Crippen LogP) is 0.318. The Labute approximate surface area is 100 Å². The molecule has 1 rings (SSSR count). The Morgan fingerprint density at radius 3 is 2.65 bits per heavy atom. The second-order valence-corrected chi connectivity index (χ2v) is 3.45. The predicted molar refractivity (Wildman–Crippen MR) is 62.6 cm³/mol. The van der Waals surface area contributed by atoms with Gasteiger partial charge in [-0.3, -0.25) is 4.79 Å². The first-order valence-electron chi connectivity index (χ1n) is 5.45. The minimum Gasteiger partial charge on any atom is -0.490 e. The Bertz CT molecular complexity index is 329. The molecular weight excluding hydrogens is 222 g/mol. The summed E-state index contributed by atoms with van der Waals surface area (Å²) in [5.41, 5.74) is 5.45. The lowest BCUT2D eigenvalue weighted by Gasteiger charge is -2.10. The van der Waals surface area contributed by atoms with Crippen molar-refractivity contribution in [2.45, 2.75) is 12.5 Å². The van der Waals surface area contributed by atoms with Crippen molar-refractivity contribution in [3.8, 4) is 5.75 Å². The number of nitrogens with two attached hydrogens (primary N) is 1. The van der Waals surface area contributed by atoms with Crippen LogP contribution in [0.3, 0.4) is 0 Å². The molecule has 0 aliphatic rings. The van der Waals surface area contributed by atoms with E-state index < -0.39 is 12.0 Å². The highest BCUT2D eigenvalue weighted by atomic mass is 16.6. The minimum absolute atomic E-state index is 0.128. The van der Waals surface area contributed by atoms with Crippen LogP contribution < -0.4 is 10.5 Å². The zero-order valence-electron chi connectivity index (χ0n) is 9.54. The van der Waals surface area contributed by atoms with Gasteiger partial charge in [0, 0.05) is 6.61 Å². The van der Waals surface area contributed by atoms with E-state index in [2.05, 4.69) is 0 Å². The number of aliphatic hydroxyl groups is 1. The molecule has 1 atom stereocenters. The zero-order valence-corrected chi connectivity index (χ0v) is 9.54. The number of esters is 1. The van der Waals surface area contributed by atoms with E-state index in [-0.39, 0.29) is 26.2 Å². The van der Waals surface area contributed by atoms with E-state index in [1.54, 1.807) is 0 Å². The molecule has 0 bridgehead atoms. The van der Waals surface area contributed by atoms with Crippen molar-refractivity contribution in [1.29, 1.82) is 0 Å². The zero-order chi connectivity index (χ0) is 12.5. The molecule has 0 aliphatic carbocycles. The monoisotopic (exact) mass is 239 g/mol. The Morgan fingerprint density at radius 1 is 1.29 bits per heavy atom.